The highest BCUT2D eigenvalue weighted by Crippen LogP contribution is 2.24. The zero-order valence-corrected chi connectivity index (χ0v) is 19.1. The third kappa shape index (κ3) is 7.08. The van der Waals surface area contributed by atoms with Gasteiger partial charge >= 0.3 is 6.36 Å². The maximum absolute atomic E-state index is 12.9. The van der Waals surface area contributed by atoms with Crippen LogP contribution in [0.1, 0.15) is 39.2 Å². The number of benzene rings is 1. The van der Waals surface area contributed by atoms with E-state index in [0.717, 1.165) is 38.0 Å². The molecule has 180 valence electrons. The van der Waals surface area contributed by atoms with Crippen molar-refractivity contribution in [3.05, 3.63) is 29.8 Å². The summed E-state index contributed by atoms with van der Waals surface area (Å²) in [6, 6.07) is 6.16. The maximum atomic E-state index is 12.9. The van der Waals surface area contributed by atoms with Crippen molar-refractivity contribution in [3.63, 3.8) is 0 Å². The minimum absolute atomic E-state index is 0.0780. The number of hydrogen-bond acceptors (Lipinski definition) is 5. The van der Waals surface area contributed by atoms with Crippen LogP contribution in [-0.2, 0) is 16.1 Å². The van der Waals surface area contributed by atoms with Gasteiger partial charge < -0.3 is 19.3 Å². The van der Waals surface area contributed by atoms with Gasteiger partial charge in [0.25, 0.3) is 0 Å². The van der Waals surface area contributed by atoms with Crippen molar-refractivity contribution in [2.75, 3.05) is 39.3 Å². The van der Waals surface area contributed by atoms with Crippen molar-refractivity contribution in [1.29, 1.82) is 0 Å². The molecule has 1 aromatic carbocycles. The second-order valence-electron chi connectivity index (χ2n) is 8.86. The van der Waals surface area contributed by atoms with Gasteiger partial charge in [-0.05, 0) is 64.0 Å². The number of hydrogen-bond donors (Lipinski definition) is 0. The van der Waals surface area contributed by atoms with E-state index in [-0.39, 0.29) is 30.4 Å². The lowest BCUT2D eigenvalue weighted by atomic mass is 10.0. The molecule has 6 nitrogen and oxygen atoms in total. The Labute approximate surface area is 188 Å². The number of alkyl halides is 3. The summed E-state index contributed by atoms with van der Waals surface area (Å²) in [4.78, 5) is 19.5. The van der Waals surface area contributed by atoms with Gasteiger partial charge in [0.15, 0.2) is 0 Å². The van der Waals surface area contributed by atoms with Gasteiger partial charge in [-0.1, -0.05) is 19.1 Å². The number of rotatable bonds is 7. The Morgan fingerprint density at radius 3 is 2.31 bits per heavy atom. The second-order valence-corrected chi connectivity index (χ2v) is 8.86. The van der Waals surface area contributed by atoms with Crippen LogP contribution in [0.4, 0.5) is 13.2 Å². The van der Waals surface area contributed by atoms with Crippen molar-refractivity contribution >= 4 is 5.91 Å². The predicted molar refractivity (Wildman–Crippen MR) is 115 cm³/mol. The molecule has 2 aliphatic heterocycles. The SMILES string of the molecule is CCN1CCC(N2CC(=O)N(C(C)C)C[C@@H](OCc3ccc(OC(F)(F)F)cc3)C2)CC1. The van der Waals surface area contributed by atoms with Gasteiger partial charge in [-0.2, -0.15) is 0 Å². The molecular weight excluding hydrogens is 423 g/mol. The molecule has 2 heterocycles. The summed E-state index contributed by atoms with van der Waals surface area (Å²) in [5.74, 6) is -0.130. The van der Waals surface area contributed by atoms with Crippen LogP contribution >= 0.6 is 0 Å². The highest BCUT2D eigenvalue weighted by Gasteiger charge is 2.34. The van der Waals surface area contributed by atoms with Crippen molar-refractivity contribution < 1.29 is 27.4 Å². The van der Waals surface area contributed by atoms with Gasteiger partial charge in [0.2, 0.25) is 5.91 Å². The van der Waals surface area contributed by atoms with Gasteiger partial charge in [-0.15, -0.1) is 13.2 Å². The summed E-state index contributed by atoms with van der Waals surface area (Å²) in [7, 11) is 0. The average Bonchev–Trinajstić information content (AvgIpc) is 2.91. The van der Waals surface area contributed by atoms with E-state index in [9.17, 15) is 18.0 Å². The normalized spacial score (nSPS) is 22.4. The lowest BCUT2D eigenvalue weighted by Crippen LogP contribution is -2.48. The molecule has 3 rings (SSSR count). The van der Waals surface area contributed by atoms with Crippen LogP contribution in [0.2, 0.25) is 0 Å². The maximum Gasteiger partial charge on any atom is 0.573 e. The standard InChI is InChI=1S/C23H34F3N3O3/c1-4-27-11-9-19(10-12-27)28-13-21(14-29(17(2)3)22(30)15-28)31-16-18-5-7-20(8-6-18)32-23(24,25)26/h5-8,17,19,21H,4,9-16H2,1-3H3/t21-/m0/s1. The zero-order valence-electron chi connectivity index (χ0n) is 19.1. The van der Waals surface area contributed by atoms with Crippen molar-refractivity contribution in [1.82, 2.24) is 14.7 Å². The van der Waals surface area contributed by atoms with Crippen LogP contribution in [0.15, 0.2) is 24.3 Å². The Morgan fingerprint density at radius 1 is 1.09 bits per heavy atom. The van der Waals surface area contributed by atoms with E-state index in [2.05, 4.69) is 21.5 Å². The van der Waals surface area contributed by atoms with Crippen LogP contribution in [0, 0.1) is 0 Å². The van der Waals surface area contributed by atoms with Crippen LogP contribution < -0.4 is 4.74 Å². The van der Waals surface area contributed by atoms with Gasteiger partial charge in [0.1, 0.15) is 5.75 Å². The van der Waals surface area contributed by atoms with Crippen molar-refractivity contribution in [3.8, 4) is 5.75 Å². The fraction of sp³-hybridized carbons (Fsp3) is 0.696. The van der Waals surface area contributed by atoms with E-state index >= 15 is 0 Å². The minimum Gasteiger partial charge on any atom is -0.406 e. The van der Waals surface area contributed by atoms with Gasteiger partial charge in [-0.3, -0.25) is 9.69 Å². The molecule has 2 saturated heterocycles. The lowest BCUT2D eigenvalue weighted by Gasteiger charge is -2.38. The Hall–Kier alpha value is -1.84. The summed E-state index contributed by atoms with van der Waals surface area (Å²) in [5.41, 5.74) is 0.758. The molecule has 0 bridgehead atoms. The van der Waals surface area contributed by atoms with E-state index in [0.29, 0.717) is 25.7 Å². The fourth-order valence-corrected chi connectivity index (χ4v) is 4.45. The number of carbonyl (C=O) groups is 1. The second kappa shape index (κ2) is 10.9. The Morgan fingerprint density at radius 2 is 1.75 bits per heavy atom. The van der Waals surface area contributed by atoms with E-state index < -0.39 is 6.36 Å². The topological polar surface area (TPSA) is 45.2 Å². The van der Waals surface area contributed by atoms with Gasteiger partial charge in [0.05, 0.1) is 19.3 Å². The molecule has 0 N–H and O–H groups in total. The largest absolute Gasteiger partial charge is 0.573 e. The molecule has 0 aliphatic carbocycles. The summed E-state index contributed by atoms with van der Waals surface area (Å²) in [6.45, 7) is 11.1. The minimum atomic E-state index is -4.71. The Bertz CT molecular complexity index is 734. The third-order valence-corrected chi connectivity index (χ3v) is 6.28. The number of ether oxygens (including phenoxy) is 2. The summed E-state index contributed by atoms with van der Waals surface area (Å²) in [6.07, 6.45) is -2.80. The molecule has 0 spiro atoms. The first kappa shape index (κ1) is 24.8. The number of likely N-dealkylation sites (tertiary alicyclic amines) is 1. The van der Waals surface area contributed by atoms with Crippen LogP contribution in [0.3, 0.4) is 0 Å². The van der Waals surface area contributed by atoms with Crippen molar-refractivity contribution in [2.24, 2.45) is 0 Å². The summed E-state index contributed by atoms with van der Waals surface area (Å²) in [5, 5.41) is 0. The van der Waals surface area contributed by atoms with E-state index in [1.807, 2.05) is 18.7 Å². The first-order chi connectivity index (χ1) is 15.1. The first-order valence-corrected chi connectivity index (χ1v) is 11.4. The van der Waals surface area contributed by atoms with E-state index in [4.69, 9.17) is 4.74 Å². The zero-order chi connectivity index (χ0) is 23.3. The highest BCUT2D eigenvalue weighted by molar-refractivity contribution is 5.79. The van der Waals surface area contributed by atoms with Crippen LogP contribution in [0.25, 0.3) is 0 Å². The summed E-state index contributed by atoms with van der Waals surface area (Å²) >= 11 is 0. The molecule has 1 atom stereocenters. The molecule has 0 radical (unpaired) electrons. The van der Waals surface area contributed by atoms with E-state index in [1.165, 1.54) is 12.1 Å². The molecule has 1 amide bonds. The molecule has 1 aromatic rings. The third-order valence-electron chi connectivity index (χ3n) is 6.28. The molecule has 0 aromatic heterocycles. The molecule has 2 fully saturated rings. The average molecular weight is 458 g/mol. The monoisotopic (exact) mass is 457 g/mol. The fourth-order valence-electron chi connectivity index (χ4n) is 4.45. The lowest BCUT2D eigenvalue weighted by molar-refractivity contribution is -0.274. The van der Waals surface area contributed by atoms with Crippen molar-refractivity contribution in [2.45, 2.75) is 64.8 Å². The molecular formula is C23H34F3N3O3. The number of amides is 1. The molecule has 9 heteroatoms. The van der Waals surface area contributed by atoms with E-state index in [1.54, 1.807) is 12.1 Å². The van der Waals surface area contributed by atoms with Gasteiger partial charge in [-0.25, -0.2) is 0 Å². The molecule has 32 heavy (non-hydrogen) atoms. The quantitative estimate of drug-likeness (QED) is 0.627. The molecule has 0 saturated carbocycles. The molecule has 0 unspecified atom stereocenters. The number of nitrogens with zero attached hydrogens (tertiary/aromatic N) is 3. The number of carbonyl (C=O) groups excluding carboxylic acids is 1. The number of piperidine rings is 1. The Kier molecular flexibility index (Phi) is 8.41. The van der Waals surface area contributed by atoms with Crippen LogP contribution in [-0.4, -0.2) is 84.4 Å². The highest BCUT2D eigenvalue weighted by atomic mass is 19.4. The first-order valence-electron chi connectivity index (χ1n) is 11.4. The molecule has 2 aliphatic rings. The number of halogens is 3. The smallest absolute Gasteiger partial charge is 0.406 e. The summed E-state index contributed by atoms with van der Waals surface area (Å²) < 4.78 is 47.1. The Balaban J connectivity index is 1.63. The predicted octanol–water partition coefficient (Wildman–Crippen LogP) is 3.51. The van der Waals surface area contributed by atoms with Crippen LogP contribution in [0.5, 0.6) is 5.75 Å². The van der Waals surface area contributed by atoms with Gasteiger partial charge in [0, 0.05) is 25.2 Å².